The number of aryl methyl sites for hydroxylation is 3. The van der Waals surface area contributed by atoms with Gasteiger partial charge in [-0.15, -0.1) is 0 Å². The van der Waals surface area contributed by atoms with E-state index in [4.69, 9.17) is 5.11 Å². The Balaban J connectivity index is 2.25. The van der Waals surface area contributed by atoms with Gasteiger partial charge in [0, 0.05) is 5.69 Å². The lowest BCUT2D eigenvalue weighted by atomic mass is 10.1. The Morgan fingerprint density at radius 1 is 1.05 bits per heavy atom. The Kier molecular flexibility index (Phi) is 3.01. The van der Waals surface area contributed by atoms with E-state index in [0.29, 0.717) is 5.52 Å². The van der Waals surface area contributed by atoms with Gasteiger partial charge in [0.15, 0.2) is 0 Å². The Hall–Kier alpha value is -2.62. The van der Waals surface area contributed by atoms with Crippen molar-refractivity contribution in [3.8, 4) is 5.69 Å². The lowest BCUT2D eigenvalue weighted by molar-refractivity contribution is 0.0697. The van der Waals surface area contributed by atoms with Gasteiger partial charge < -0.3 is 5.11 Å². The number of imidazole rings is 1. The number of carboxylic acid groups (broad SMARTS) is 1. The molecule has 1 heterocycles. The van der Waals surface area contributed by atoms with E-state index < -0.39 is 5.97 Å². The number of benzene rings is 2. The molecule has 2 aromatic carbocycles. The zero-order valence-corrected chi connectivity index (χ0v) is 12.2. The van der Waals surface area contributed by atoms with Crippen LogP contribution in [-0.2, 0) is 0 Å². The molecule has 4 nitrogen and oxygen atoms in total. The first-order chi connectivity index (χ1) is 9.97. The van der Waals surface area contributed by atoms with Crippen LogP contribution in [0.25, 0.3) is 16.7 Å². The maximum absolute atomic E-state index is 11.1. The summed E-state index contributed by atoms with van der Waals surface area (Å²) in [6.07, 6.45) is 0. The molecule has 3 aromatic rings. The molecule has 0 bridgehead atoms. The smallest absolute Gasteiger partial charge is 0.335 e. The van der Waals surface area contributed by atoms with Crippen LogP contribution >= 0.6 is 0 Å². The van der Waals surface area contributed by atoms with Crippen molar-refractivity contribution in [1.82, 2.24) is 9.55 Å². The number of carboxylic acids is 1. The Labute approximate surface area is 122 Å². The lowest BCUT2D eigenvalue weighted by Gasteiger charge is -2.09. The molecule has 0 saturated carbocycles. The first kappa shape index (κ1) is 13.4. The van der Waals surface area contributed by atoms with Crippen LogP contribution in [0.3, 0.4) is 0 Å². The van der Waals surface area contributed by atoms with Crippen molar-refractivity contribution >= 4 is 17.0 Å². The lowest BCUT2D eigenvalue weighted by Crippen LogP contribution is -1.99. The maximum Gasteiger partial charge on any atom is 0.335 e. The molecule has 4 heteroatoms. The van der Waals surface area contributed by atoms with E-state index in [-0.39, 0.29) is 5.56 Å². The summed E-state index contributed by atoms with van der Waals surface area (Å²) in [7, 11) is 0. The molecule has 0 amide bonds. The molecule has 3 rings (SSSR count). The molecule has 1 N–H and O–H groups in total. The molecule has 0 aliphatic rings. The molecule has 106 valence electrons. The molecule has 0 saturated heterocycles. The van der Waals surface area contributed by atoms with Crippen LogP contribution < -0.4 is 0 Å². The molecule has 0 atom stereocenters. The third-order valence-corrected chi connectivity index (χ3v) is 3.82. The molecular weight excluding hydrogens is 264 g/mol. The predicted octanol–water partition coefficient (Wildman–Crippen LogP) is 3.65. The Morgan fingerprint density at radius 2 is 1.81 bits per heavy atom. The highest BCUT2D eigenvalue weighted by Gasteiger charge is 2.12. The molecule has 0 radical (unpaired) electrons. The van der Waals surface area contributed by atoms with Gasteiger partial charge in [-0.25, -0.2) is 9.78 Å². The standard InChI is InChI=1S/C17H16N2O2/c1-10-4-6-14(8-11(10)2)19-12(3)18-15-9-13(17(20)21)5-7-16(15)19/h4-9H,1-3H3,(H,20,21). The number of rotatable bonds is 2. The van der Waals surface area contributed by atoms with Gasteiger partial charge in [0.2, 0.25) is 0 Å². The van der Waals surface area contributed by atoms with Gasteiger partial charge in [0.05, 0.1) is 16.6 Å². The normalized spacial score (nSPS) is 11.0. The number of fused-ring (bicyclic) bond motifs is 1. The molecule has 0 aliphatic heterocycles. The van der Waals surface area contributed by atoms with Crippen molar-refractivity contribution in [3.05, 3.63) is 58.9 Å². The summed E-state index contributed by atoms with van der Waals surface area (Å²) in [4.78, 5) is 15.5. The number of nitrogens with zero attached hydrogens (tertiary/aromatic N) is 2. The second-order valence-electron chi connectivity index (χ2n) is 5.27. The highest BCUT2D eigenvalue weighted by molar-refractivity contribution is 5.92. The Bertz CT molecular complexity index is 863. The molecule has 0 spiro atoms. The zero-order chi connectivity index (χ0) is 15.1. The zero-order valence-electron chi connectivity index (χ0n) is 12.2. The summed E-state index contributed by atoms with van der Waals surface area (Å²) in [5.41, 5.74) is 5.38. The van der Waals surface area contributed by atoms with Crippen LogP contribution in [-0.4, -0.2) is 20.6 Å². The predicted molar refractivity (Wildman–Crippen MR) is 82.2 cm³/mol. The van der Waals surface area contributed by atoms with Crippen molar-refractivity contribution in [1.29, 1.82) is 0 Å². The highest BCUT2D eigenvalue weighted by Crippen LogP contribution is 2.23. The molecule has 0 fully saturated rings. The van der Waals surface area contributed by atoms with Crippen molar-refractivity contribution in [2.24, 2.45) is 0 Å². The number of hydrogen-bond donors (Lipinski definition) is 1. The molecule has 21 heavy (non-hydrogen) atoms. The third-order valence-electron chi connectivity index (χ3n) is 3.82. The van der Waals surface area contributed by atoms with Gasteiger partial charge in [-0.3, -0.25) is 4.57 Å². The molecule has 1 aromatic heterocycles. The van der Waals surface area contributed by atoms with Crippen LogP contribution in [0.15, 0.2) is 36.4 Å². The largest absolute Gasteiger partial charge is 0.478 e. The van der Waals surface area contributed by atoms with Gasteiger partial charge in [-0.1, -0.05) is 6.07 Å². The third kappa shape index (κ3) is 2.18. The first-order valence-electron chi connectivity index (χ1n) is 6.77. The number of carbonyl (C=O) groups is 1. The molecular formula is C17H16N2O2. The number of hydrogen-bond acceptors (Lipinski definition) is 2. The summed E-state index contributed by atoms with van der Waals surface area (Å²) in [5, 5.41) is 9.07. The number of aromatic nitrogens is 2. The van der Waals surface area contributed by atoms with E-state index in [1.165, 1.54) is 11.1 Å². The fourth-order valence-electron chi connectivity index (χ4n) is 2.52. The highest BCUT2D eigenvalue weighted by atomic mass is 16.4. The topological polar surface area (TPSA) is 55.1 Å². The van der Waals surface area contributed by atoms with Crippen molar-refractivity contribution in [2.45, 2.75) is 20.8 Å². The van der Waals surface area contributed by atoms with E-state index in [1.54, 1.807) is 12.1 Å². The van der Waals surface area contributed by atoms with Crippen LogP contribution in [0.5, 0.6) is 0 Å². The molecule has 0 unspecified atom stereocenters. The fraction of sp³-hybridized carbons (Fsp3) is 0.176. The van der Waals surface area contributed by atoms with Crippen LogP contribution in [0.4, 0.5) is 0 Å². The van der Waals surface area contributed by atoms with E-state index in [9.17, 15) is 4.79 Å². The van der Waals surface area contributed by atoms with Gasteiger partial charge in [0.1, 0.15) is 5.82 Å². The minimum absolute atomic E-state index is 0.257. The average molecular weight is 280 g/mol. The van der Waals surface area contributed by atoms with E-state index >= 15 is 0 Å². The van der Waals surface area contributed by atoms with Gasteiger partial charge >= 0.3 is 5.97 Å². The number of aromatic carboxylic acids is 1. The second kappa shape index (κ2) is 4.74. The van der Waals surface area contributed by atoms with Gasteiger partial charge in [0.25, 0.3) is 0 Å². The van der Waals surface area contributed by atoms with E-state index in [2.05, 4.69) is 37.0 Å². The minimum atomic E-state index is -0.935. The first-order valence-corrected chi connectivity index (χ1v) is 6.77. The van der Waals surface area contributed by atoms with Gasteiger partial charge in [-0.05, 0) is 62.2 Å². The van der Waals surface area contributed by atoms with Gasteiger partial charge in [-0.2, -0.15) is 0 Å². The minimum Gasteiger partial charge on any atom is -0.478 e. The fourth-order valence-corrected chi connectivity index (χ4v) is 2.52. The van der Waals surface area contributed by atoms with E-state index in [0.717, 1.165) is 17.0 Å². The van der Waals surface area contributed by atoms with E-state index in [1.807, 2.05) is 17.6 Å². The Morgan fingerprint density at radius 3 is 2.48 bits per heavy atom. The summed E-state index contributed by atoms with van der Waals surface area (Å²) in [5.74, 6) is -0.0916. The maximum atomic E-state index is 11.1. The summed E-state index contributed by atoms with van der Waals surface area (Å²) in [6, 6.07) is 11.3. The average Bonchev–Trinajstić information content (AvgIpc) is 2.76. The summed E-state index contributed by atoms with van der Waals surface area (Å²) >= 11 is 0. The second-order valence-corrected chi connectivity index (χ2v) is 5.27. The molecule has 0 aliphatic carbocycles. The monoisotopic (exact) mass is 280 g/mol. The van der Waals surface area contributed by atoms with Crippen LogP contribution in [0, 0.1) is 20.8 Å². The SMILES string of the molecule is Cc1ccc(-n2c(C)nc3cc(C(=O)O)ccc32)cc1C. The summed E-state index contributed by atoms with van der Waals surface area (Å²) in [6.45, 7) is 6.09. The van der Waals surface area contributed by atoms with Crippen molar-refractivity contribution < 1.29 is 9.90 Å². The summed E-state index contributed by atoms with van der Waals surface area (Å²) < 4.78 is 2.05. The van der Waals surface area contributed by atoms with Crippen LogP contribution in [0.2, 0.25) is 0 Å². The van der Waals surface area contributed by atoms with Crippen LogP contribution in [0.1, 0.15) is 27.3 Å². The quantitative estimate of drug-likeness (QED) is 0.779. The van der Waals surface area contributed by atoms with Crippen molar-refractivity contribution in [2.75, 3.05) is 0 Å². The van der Waals surface area contributed by atoms with Crippen molar-refractivity contribution in [3.63, 3.8) is 0 Å².